The van der Waals surface area contributed by atoms with E-state index in [1.165, 1.54) is 0 Å². The van der Waals surface area contributed by atoms with Crippen LogP contribution < -0.4 is 0 Å². The third kappa shape index (κ3) is 3.17. The van der Waals surface area contributed by atoms with Crippen molar-refractivity contribution in [3.8, 4) is 0 Å². The molecule has 0 bridgehead atoms. The largest absolute Gasteiger partial charge is 0.413 e. The molecule has 3 heteroatoms. The van der Waals surface area contributed by atoms with Gasteiger partial charge in [0.1, 0.15) is 0 Å². The maximum Gasteiger partial charge on any atom is 0.200 e. The maximum atomic E-state index is 9.27. The molecule has 0 spiro atoms. The number of aliphatic hydroxyl groups is 1. The van der Waals surface area contributed by atoms with Crippen LogP contribution in [0.25, 0.3) is 0 Å². The predicted molar refractivity (Wildman–Crippen MR) is 80.3 cm³/mol. The molecule has 2 atom stereocenters. The lowest BCUT2D eigenvalue weighted by Crippen LogP contribution is -2.49. The van der Waals surface area contributed by atoms with Gasteiger partial charge < -0.3 is 9.53 Å². The molecule has 2 nitrogen and oxygen atoms in total. The molecule has 1 aliphatic rings. The Kier molecular flexibility index (Phi) is 5.88. The molecular formula is C15H32O2Si. The molecule has 1 rings (SSSR count). The summed E-state index contributed by atoms with van der Waals surface area (Å²) >= 11 is 0. The van der Waals surface area contributed by atoms with Gasteiger partial charge in [-0.3, -0.25) is 0 Å². The summed E-state index contributed by atoms with van der Waals surface area (Å²) in [5.74, 6) is 0.480. The zero-order valence-corrected chi connectivity index (χ0v) is 14.1. The number of aliphatic hydroxyl groups excluding tert-OH is 1. The van der Waals surface area contributed by atoms with Crippen molar-refractivity contribution in [1.82, 2.24) is 0 Å². The van der Waals surface area contributed by atoms with E-state index in [4.69, 9.17) is 4.43 Å². The van der Waals surface area contributed by atoms with Crippen molar-refractivity contribution in [2.75, 3.05) is 6.61 Å². The molecule has 0 radical (unpaired) electrons. The standard InChI is InChI=1S/C15H32O2Si/c1-11(2)18(12(3)4,13(5)6)17-15-8-7-14(9-15)10-16/h11-16H,7-10H2,1-6H3/t14-,15-/m1/s1. The lowest BCUT2D eigenvalue weighted by atomic mass is 10.1. The molecule has 0 aliphatic heterocycles. The van der Waals surface area contributed by atoms with Gasteiger partial charge in [0, 0.05) is 12.7 Å². The summed E-state index contributed by atoms with van der Waals surface area (Å²) in [6.45, 7) is 14.4. The van der Waals surface area contributed by atoms with Crippen LogP contribution in [-0.4, -0.2) is 26.1 Å². The van der Waals surface area contributed by atoms with Gasteiger partial charge in [0.05, 0.1) is 0 Å². The molecule has 0 unspecified atom stereocenters. The van der Waals surface area contributed by atoms with Gasteiger partial charge in [0.25, 0.3) is 0 Å². The van der Waals surface area contributed by atoms with Crippen LogP contribution in [-0.2, 0) is 4.43 Å². The zero-order valence-electron chi connectivity index (χ0n) is 13.1. The monoisotopic (exact) mass is 272 g/mol. The third-order valence-corrected chi connectivity index (χ3v) is 11.0. The second-order valence-electron chi connectivity index (χ2n) is 6.92. The fourth-order valence-electron chi connectivity index (χ4n) is 4.00. The van der Waals surface area contributed by atoms with Gasteiger partial charge in [-0.1, -0.05) is 41.5 Å². The van der Waals surface area contributed by atoms with Crippen LogP contribution in [0.2, 0.25) is 16.6 Å². The predicted octanol–water partition coefficient (Wildman–Crippen LogP) is 4.34. The van der Waals surface area contributed by atoms with Crippen molar-refractivity contribution >= 4 is 8.32 Å². The minimum absolute atomic E-state index is 0.333. The Morgan fingerprint density at radius 1 is 1.00 bits per heavy atom. The van der Waals surface area contributed by atoms with Crippen molar-refractivity contribution in [3.05, 3.63) is 0 Å². The Morgan fingerprint density at radius 3 is 1.83 bits per heavy atom. The molecule has 0 aromatic heterocycles. The van der Waals surface area contributed by atoms with Crippen LogP contribution in [0.1, 0.15) is 60.8 Å². The first kappa shape index (κ1) is 16.2. The minimum Gasteiger partial charge on any atom is -0.413 e. The molecule has 0 aromatic rings. The lowest BCUT2D eigenvalue weighted by molar-refractivity contribution is 0.163. The minimum atomic E-state index is -1.72. The fraction of sp³-hybridized carbons (Fsp3) is 1.00. The van der Waals surface area contributed by atoms with Crippen molar-refractivity contribution in [2.45, 2.75) is 83.5 Å². The second kappa shape index (κ2) is 6.53. The smallest absolute Gasteiger partial charge is 0.200 e. The topological polar surface area (TPSA) is 29.5 Å². The Hall–Kier alpha value is 0.137. The highest BCUT2D eigenvalue weighted by molar-refractivity contribution is 6.77. The van der Waals surface area contributed by atoms with E-state index in [1.54, 1.807) is 0 Å². The van der Waals surface area contributed by atoms with Gasteiger partial charge in [-0.25, -0.2) is 0 Å². The van der Waals surface area contributed by atoms with Gasteiger partial charge in [0.2, 0.25) is 8.32 Å². The van der Waals surface area contributed by atoms with Crippen LogP contribution in [0.4, 0.5) is 0 Å². The second-order valence-corrected chi connectivity index (χ2v) is 12.3. The van der Waals surface area contributed by atoms with E-state index < -0.39 is 8.32 Å². The van der Waals surface area contributed by atoms with Gasteiger partial charge in [0.15, 0.2) is 0 Å². The van der Waals surface area contributed by atoms with Crippen molar-refractivity contribution in [3.63, 3.8) is 0 Å². The quantitative estimate of drug-likeness (QED) is 0.729. The van der Waals surface area contributed by atoms with Crippen LogP contribution in [0.15, 0.2) is 0 Å². The first-order chi connectivity index (χ1) is 8.34. The average Bonchev–Trinajstić information content (AvgIpc) is 2.71. The summed E-state index contributed by atoms with van der Waals surface area (Å²) in [5.41, 5.74) is 1.97. The van der Waals surface area contributed by atoms with Crippen molar-refractivity contribution in [1.29, 1.82) is 0 Å². The first-order valence-corrected chi connectivity index (χ1v) is 9.77. The van der Waals surface area contributed by atoms with Crippen LogP contribution in [0, 0.1) is 5.92 Å². The van der Waals surface area contributed by atoms with E-state index in [-0.39, 0.29) is 0 Å². The summed E-state index contributed by atoms with van der Waals surface area (Å²) in [4.78, 5) is 0. The number of hydrogen-bond donors (Lipinski definition) is 1. The molecule has 1 saturated carbocycles. The highest BCUT2D eigenvalue weighted by Gasteiger charge is 2.47. The number of rotatable bonds is 6. The van der Waals surface area contributed by atoms with Crippen molar-refractivity contribution in [2.24, 2.45) is 5.92 Å². The summed E-state index contributed by atoms with van der Waals surface area (Å²) in [6.07, 6.45) is 3.75. The third-order valence-electron chi connectivity index (χ3n) is 4.83. The molecular weight excluding hydrogens is 240 g/mol. The molecule has 1 N–H and O–H groups in total. The van der Waals surface area contributed by atoms with E-state index in [0.29, 0.717) is 35.3 Å². The summed E-state index contributed by atoms with van der Waals surface area (Å²) in [7, 11) is -1.72. The molecule has 0 heterocycles. The highest BCUT2D eigenvalue weighted by atomic mass is 28.4. The highest BCUT2D eigenvalue weighted by Crippen LogP contribution is 2.45. The van der Waals surface area contributed by atoms with E-state index in [0.717, 1.165) is 19.3 Å². The number of hydrogen-bond acceptors (Lipinski definition) is 2. The summed E-state index contributed by atoms with van der Waals surface area (Å²) in [5, 5.41) is 9.27. The molecule has 108 valence electrons. The van der Waals surface area contributed by atoms with Gasteiger partial charge >= 0.3 is 0 Å². The molecule has 0 aromatic carbocycles. The Labute approximate surface area is 114 Å². The average molecular weight is 273 g/mol. The normalized spacial score (nSPS) is 25.7. The fourth-order valence-corrected chi connectivity index (χ4v) is 9.61. The Balaban J connectivity index is 2.79. The SMILES string of the molecule is CC(C)[Si](O[C@@H]1CC[C@@H](CO)C1)(C(C)C)C(C)C. The molecule has 1 aliphatic carbocycles. The van der Waals surface area contributed by atoms with Crippen LogP contribution in [0.3, 0.4) is 0 Å². The maximum absolute atomic E-state index is 9.27. The molecule has 18 heavy (non-hydrogen) atoms. The Bertz CT molecular complexity index is 229. The van der Waals surface area contributed by atoms with Gasteiger partial charge in [-0.05, 0) is 41.8 Å². The van der Waals surface area contributed by atoms with Crippen LogP contribution >= 0.6 is 0 Å². The van der Waals surface area contributed by atoms with E-state index >= 15 is 0 Å². The Morgan fingerprint density at radius 2 is 1.50 bits per heavy atom. The molecule has 0 amide bonds. The van der Waals surface area contributed by atoms with E-state index in [9.17, 15) is 5.11 Å². The molecule has 0 saturated heterocycles. The zero-order chi connectivity index (χ0) is 13.9. The first-order valence-electron chi connectivity index (χ1n) is 7.63. The van der Waals surface area contributed by atoms with E-state index in [2.05, 4.69) is 41.5 Å². The van der Waals surface area contributed by atoms with Gasteiger partial charge in [-0.15, -0.1) is 0 Å². The van der Waals surface area contributed by atoms with Gasteiger partial charge in [-0.2, -0.15) is 0 Å². The van der Waals surface area contributed by atoms with Crippen molar-refractivity contribution < 1.29 is 9.53 Å². The lowest BCUT2D eigenvalue weighted by Gasteiger charge is -2.44. The van der Waals surface area contributed by atoms with Crippen LogP contribution in [0.5, 0.6) is 0 Å². The summed E-state index contributed by atoms with van der Waals surface area (Å²) < 4.78 is 6.74. The molecule has 1 fully saturated rings. The summed E-state index contributed by atoms with van der Waals surface area (Å²) in [6, 6.07) is 0. The van der Waals surface area contributed by atoms with E-state index in [1.807, 2.05) is 0 Å².